The van der Waals surface area contributed by atoms with E-state index in [-0.39, 0.29) is 6.04 Å². The molecule has 0 spiro atoms. The van der Waals surface area contributed by atoms with Gasteiger partial charge < -0.3 is 0 Å². The third-order valence-electron chi connectivity index (χ3n) is 3.15. The van der Waals surface area contributed by atoms with Gasteiger partial charge in [-0.15, -0.1) is 0 Å². The Morgan fingerprint density at radius 1 is 1.42 bits per heavy atom. The van der Waals surface area contributed by atoms with Crippen molar-refractivity contribution in [2.24, 2.45) is 12.9 Å². The molecule has 0 aliphatic heterocycles. The molecule has 102 valence electrons. The van der Waals surface area contributed by atoms with Crippen molar-refractivity contribution in [3.8, 4) is 0 Å². The van der Waals surface area contributed by atoms with Gasteiger partial charge in [-0.25, -0.2) is 0 Å². The molecule has 0 radical (unpaired) electrons. The zero-order chi connectivity index (χ0) is 14.0. The van der Waals surface area contributed by atoms with Crippen molar-refractivity contribution < 1.29 is 0 Å². The Bertz CT molecular complexity index is 561. The summed E-state index contributed by atoms with van der Waals surface area (Å²) in [7, 11) is 1.90. The van der Waals surface area contributed by atoms with E-state index >= 15 is 0 Å². The number of benzene rings is 1. The third kappa shape index (κ3) is 3.09. The number of nitrogens with two attached hydrogens (primary N) is 1. The van der Waals surface area contributed by atoms with Gasteiger partial charge in [-0.3, -0.25) is 16.0 Å². The predicted molar refractivity (Wildman–Crippen MR) is 78.2 cm³/mol. The summed E-state index contributed by atoms with van der Waals surface area (Å²) in [5.41, 5.74) is 5.96. The third-order valence-corrected chi connectivity index (χ3v) is 3.73. The van der Waals surface area contributed by atoms with Crippen molar-refractivity contribution >= 4 is 23.2 Å². The summed E-state index contributed by atoms with van der Waals surface area (Å²) in [4.78, 5) is 0. The first-order valence-corrected chi connectivity index (χ1v) is 6.67. The molecule has 6 heteroatoms. The molecule has 0 saturated carbocycles. The maximum absolute atomic E-state index is 6.20. The van der Waals surface area contributed by atoms with Crippen molar-refractivity contribution in [1.82, 2.24) is 15.2 Å². The van der Waals surface area contributed by atoms with Crippen LogP contribution in [0.15, 0.2) is 24.4 Å². The second-order valence-corrected chi connectivity index (χ2v) is 5.34. The van der Waals surface area contributed by atoms with Crippen LogP contribution in [0.5, 0.6) is 0 Å². The lowest BCUT2D eigenvalue weighted by Crippen LogP contribution is -2.31. The summed E-state index contributed by atoms with van der Waals surface area (Å²) in [6.07, 6.45) is 2.50. The Morgan fingerprint density at radius 3 is 2.68 bits per heavy atom. The van der Waals surface area contributed by atoms with E-state index in [2.05, 4.69) is 10.5 Å². The molecule has 1 atom stereocenters. The molecule has 0 fully saturated rings. The van der Waals surface area contributed by atoms with E-state index in [1.54, 1.807) is 6.07 Å². The molecule has 1 aromatic carbocycles. The molecule has 1 unspecified atom stereocenters. The van der Waals surface area contributed by atoms with Gasteiger partial charge in [-0.2, -0.15) is 5.10 Å². The molecule has 0 aliphatic carbocycles. The molecule has 19 heavy (non-hydrogen) atoms. The quantitative estimate of drug-likeness (QED) is 0.674. The molecule has 4 nitrogen and oxygen atoms in total. The highest BCUT2D eigenvalue weighted by atomic mass is 35.5. The molecule has 0 bridgehead atoms. The lowest BCUT2D eigenvalue weighted by Gasteiger charge is -2.18. The van der Waals surface area contributed by atoms with Gasteiger partial charge in [0, 0.05) is 17.1 Å². The van der Waals surface area contributed by atoms with Gasteiger partial charge in [-0.05, 0) is 36.6 Å². The minimum atomic E-state index is -0.0498. The van der Waals surface area contributed by atoms with E-state index in [0.717, 1.165) is 16.8 Å². The van der Waals surface area contributed by atoms with Gasteiger partial charge >= 0.3 is 0 Å². The van der Waals surface area contributed by atoms with E-state index in [4.69, 9.17) is 29.0 Å². The largest absolute Gasteiger partial charge is 0.271 e. The Kier molecular flexibility index (Phi) is 4.47. The number of hydrogen-bond acceptors (Lipinski definition) is 3. The van der Waals surface area contributed by atoms with Gasteiger partial charge in [-0.1, -0.05) is 29.3 Å². The monoisotopic (exact) mass is 298 g/mol. The molecule has 1 aromatic heterocycles. The normalized spacial score (nSPS) is 12.7. The van der Waals surface area contributed by atoms with Crippen LogP contribution in [0.2, 0.25) is 10.0 Å². The molecule has 0 amide bonds. The second-order valence-electron chi connectivity index (χ2n) is 4.50. The average molecular weight is 299 g/mol. The number of halogens is 2. The smallest absolute Gasteiger partial charge is 0.0672 e. The zero-order valence-corrected chi connectivity index (χ0v) is 12.3. The van der Waals surface area contributed by atoms with Crippen LogP contribution >= 0.6 is 23.2 Å². The second kappa shape index (κ2) is 5.92. The fourth-order valence-electron chi connectivity index (χ4n) is 2.20. The van der Waals surface area contributed by atoms with Crippen LogP contribution in [0, 0.1) is 6.92 Å². The topological polar surface area (TPSA) is 55.9 Å². The maximum Gasteiger partial charge on any atom is 0.0672 e. The lowest BCUT2D eigenvalue weighted by molar-refractivity contribution is 0.506. The summed E-state index contributed by atoms with van der Waals surface area (Å²) < 4.78 is 1.82. The molecule has 2 rings (SSSR count). The number of nitrogens with one attached hydrogen (secondary N) is 1. The summed E-state index contributed by atoms with van der Waals surface area (Å²) in [6.45, 7) is 2.01. The molecular formula is C13H16Cl2N4. The average Bonchev–Trinajstić information content (AvgIpc) is 2.69. The lowest BCUT2D eigenvalue weighted by atomic mass is 10.0. The highest BCUT2D eigenvalue weighted by molar-refractivity contribution is 6.35. The van der Waals surface area contributed by atoms with Crippen LogP contribution in [0.3, 0.4) is 0 Å². The maximum atomic E-state index is 6.20. The van der Waals surface area contributed by atoms with E-state index < -0.39 is 0 Å². The van der Waals surface area contributed by atoms with Gasteiger partial charge in [0.15, 0.2) is 0 Å². The molecule has 1 heterocycles. The SMILES string of the molecule is Cc1cnn(C)c1C(Cc1ccc(Cl)cc1Cl)NN. The fourth-order valence-corrected chi connectivity index (χ4v) is 2.68. The first-order chi connectivity index (χ1) is 9.02. The Morgan fingerprint density at radius 2 is 2.16 bits per heavy atom. The molecule has 2 aromatic rings. The Balaban J connectivity index is 2.29. The van der Waals surface area contributed by atoms with Gasteiger partial charge in [0.2, 0.25) is 0 Å². The fraction of sp³-hybridized carbons (Fsp3) is 0.308. The van der Waals surface area contributed by atoms with Crippen molar-refractivity contribution in [3.05, 3.63) is 51.3 Å². The van der Waals surface area contributed by atoms with Crippen LogP contribution < -0.4 is 11.3 Å². The van der Waals surface area contributed by atoms with Gasteiger partial charge in [0.05, 0.1) is 17.9 Å². The molecule has 0 saturated heterocycles. The number of hydrazine groups is 1. The summed E-state index contributed by atoms with van der Waals surface area (Å²) in [6, 6.07) is 5.43. The number of rotatable bonds is 4. The predicted octanol–water partition coefficient (Wildman–Crippen LogP) is 2.78. The molecule has 0 aliphatic rings. The van der Waals surface area contributed by atoms with Crippen LogP contribution in [0.4, 0.5) is 0 Å². The Hall–Kier alpha value is -1.07. The van der Waals surface area contributed by atoms with E-state index in [0.29, 0.717) is 16.5 Å². The highest BCUT2D eigenvalue weighted by Crippen LogP contribution is 2.26. The van der Waals surface area contributed by atoms with Crippen LogP contribution in [-0.2, 0) is 13.5 Å². The minimum Gasteiger partial charge on any atom is -0.271 e. The highest BCUT2D eigenvalue weighted by Gasteiger charge is 2.18. The van der Waals surface area contributed by atoms with E-state index in [1.165, 1.54) is 0 Å². The standard InChI is InChI=1S/C13H16Cl2N4/c1-8-7-17-19(2)13(8)12(18-16)5-9-3-4-10(14)6-11(9)15/h3-4,6-7,12,18H,5,16H2,1-2H3. The number of nitrogens with zero attached hydrogens (tertiary/aromatic N) is 2. The van der Waals surface area contributed by atoms with Gasteiger partial charge in [0.1, 0.15) is 0 Å². The van der Waals surface area contributed by atoms with Crippen molar-refractivity contribution in [2.75, 3.05) is 0 Å². The van der Waals surface area contributed by atoms with Crippen LogP contribution in [-0.4, -0.2) is 9.78 Å². The summed E-state index contributed by atoms with van der Waals surface area (Å²) in [5, 5.41) is 5.50. The van der Waals surface area contributed by atoms with E-state index in [1.807, 2.05) is 37.0 Å². The van der Waals surface area contributed by atoms with Gasteiger partial charge in [0.25, 0.3) is 0 Å². The summed E-state index contributed by atoms with van der Waals surface area (Å²) >= 11 is 12.1. The first-order valence-electron chi connectivity index (χ1n) is 5.91. The molecular weight excluding hydrogens is 283 g/mol. The summed E-state index contributed by atoms with van der Waals surface area (Å²) in [5.74, 6) is 5.67. The number of hydrogen-bond donors (Lipinski definition) is 2. The van der Waals surface area contributed by atoms with Crippen molar-refractivity contribution in [3.63, 3.8) is 0 Å². The van der Waals surface area contributed by atoms with Crippen LogP contribution in [0.1, 0.15) is 22.9 Å². The van der Waals surface area contributed by atoms with E-state index in [9.17, 15) is 0 Å². The number of aryl methyl sites for hydroxylation is 2. The van der Waals surface area contributed by atoms with Crippen molar-refractivity contribution in [2.45, 2.75) is 19.4 Å². The minimum absolute atomic E-state index is 0.0498. The zero-order valence-electron chi connectivity index (χ0n) is 10.8. The van der Waals surface area contributed by atoms with Crippen LogP contribution in [0.25, 0.3) is 0 Å². The molecule has 3 N–H and O–H groups in total. The Labute approximate surface area is 122 Å². The number of aromatic nitrogens is 2. The van der Waals surface area contributed by atoms with Crippen molar-refractivity contribution in [1.29, 1.82) is 0 Å². The first kappa shape index (κ1) is 14.3.